The Bertz CT molecular complexity index is 1530. The topological polar surface area (TPSA) is 72.4 Å². The molecule has 2 aromatic carbocycles. The van der Waals surface area contributed by atoms with Gasteiger partial charge in [-0.2, -0.15) is 0 Å². The summed E-state index contributed by atoms with van der Waals surface area (Å²) in [5, 5.41) is 11.7. The van der Waals surface area contributed by atoms with Crippen molar-refractivity contribution >= 4 is 34.3 Å². The van der Waals surface area contributed by atoms with Crippen molar-refractivity contribution in [1.29, 1.82) is 0 Å². The maximum Gasteiger partial charge on any atom is 0.354 e. The standard InChI is InChI=1S/C26H20ClNO4S/c27-15-9-10-18-17(13-15)26(11-5-2-6-12-26)20-14-19-21(24(30)28(18)20)22(29)23(25(31)32-19)33-16-7-3-1-4-8-16/h1,3-4,7-10,13-14,29H,2,5-6,11-12H2. The number of rotatable bonds is 2. The molecular weight excluding hydrogens is 458 g/mol. The highest BCUT2D eigenvalue weighted by Crippen LogP contribution is 2.52. The van der Waals surface area contributed by atoms with Gasteiger partial charge < -0.3 is 9.52 Å². The van der Waals surface area contributed by atoms with Gasteiger partial charge in [0.1, 0.15) is 15.9 Å². The molecule has 166 valence electrons. The van der Waals surface area contributed by atoms with E-state index >= 15 is 0 Å². The Morgan fingerprint density at radius 3 is 2.52 bits per heavy atom. The van der Waals surface area contributed by atoms with Crippen LogP contribution in [0.25, 0.3) is 16.7 Å². The lowest BCUT2D eigenvalue weighted by Crippen LogP contribution is -2.31. The predicted octanol–water partition coefficient (Wildman–Crippen LogP) is 6.02. The first kappa shape index (κ1) is 20.6. The second kappa shape index (κ2) is 7.54. The van der Waals surface area contributed by atoms with Gasteiger partial charge in [-0.25, -0.2) is 4.79 Å². The molecule has 33 heavy (non-hydrogen) atoms. The molecule has 0 saturated heterocycles. The number of hydrogen-bond acceptors (Lipinski definition) is 5. The first-order valence-corrected chi connectivity index (χ1v) is 12.2. The number of hydrogen-bond donors (Lipinski definition) is 1. The van der Waals surface area contributed by atoms with E-state index in [1.54, 1.807) is 16.7 Å². The van der Waals surface area contributed by atoms with E-state index in [1.807, 2.05) is 42.5 Å². The van der Waals surface area contributed by atoms with Gasteiger partial charge in [-0.1, -0.05) is 60.8 Å². The Morgan fingerprint density at radius 2 is 1.76 bits per heavy atom. The van der Waals surface area contributed by atoms with Crippen molar-refractivity contribution in [2.75, 3.05) is 0 Å². The molecule has 0 amide bonds. The molecule has 0 radical (unpaired) electrons. The molecule has 1 fully saturated rings. The molecule has 2 aliphatic rings. The molecule has 3 heterocycles. The van der Waals surface area contributed by atoms with Crippen molar-refractivity contribution in [3.8, 4) is 11.4 Å². The highest BCUT2D eigenvalue weighted by Gasteiger charge is 2.45. The van der Waals surface area contributed by atoms with E-state index < -0.39 is 5.63 Å². The fourth-order valence-corrected chi connectivity index (χ4v) is 6.46. The van der Waals surface area contributed by atoms with E-state index in [0.29, 0.717) is 5.02 Å². The van der Waals surface area contributed by atoms with Gasteiger partial charge in [0.25, 0.3) is 5.56 Å². The van der Waals surface area contributed by atoms with Gasteiger partial charge in [0.05, 0.1) is 5.69 Å². The van der Waals surface area contributed by atoms with Crippen molar-refractivity contribution in [3.05, 3.63) is 91.7 Å². The van der Waals surface area contributed by atoms with Crippen LogP contribution in [0.4, 0.5) is 0 Å². The number of aromatic nitrogens is 1. The van der Waals surface area contributed by atoms with Crippen LogP contribution >= 0.6 is 23.4 Å². The van der Waals surface area contributed by atoms with E-state index in [1.165, 1.54) is 0 Å². The molecule has 0 unspecified atom stereocenters. The van der Waals surface area contributed by atoms with E-state index in [9.17, 15) is 14.7 Å². The average molecular weight is 478 g/mol. The molecule has 5 nitrogen and oxygen atoms in total. The minimum atomic E-state index is -0.658. The van der Waals surface area contributed by atoms with Crippen molar-refractivity contribution in [3.63, 3.8) is 0 Å². The number of halogens is 1. The summed E-state index contributed by atoms with van der Waals surface area (Å²) in [5.41, 5.74) is 1.35. The van der Waals surface area contributed by atoms with Gasteiger partial charge in [0.15, 0.2) is 5.75 Å². The summed E-state index contributed by atoms with van der Waals surface area (Å²) in [4.78, 5) is 27.4. The van der Waals surface area contributed by atoms with Crippen LogP contribution in [0, 0.1) is 0 Å². The van der Waals surface area contributed by atoms with Gasteiger partial charge in [-0.05, 0) is 48.7 Å². The molecule has 0 atom stereocenters. The van der Waals surface area contributed by atoms with Crippen LogP contribution in [0.5, 0.6) is 5.75 Å². The first-order chi connectivity index (χ1) is 16.0. The third kappa shape index (κ3) is 3.01. The second-order valence-electron chi connectivity index (χ2n) is 8.70. The van der Waals surface area contributed by atoms with Crippen LogP contribution < -0.4 is 11.2 Å². The van der Waals surface area contributed by atoms with Crippen LogP contribution in [0.3, 0.4) is 0 Å². The van der Waals surface area contributed by atoms with Crippen LogP contribution in [-0.2, 0) is 5.41 Å². The van der Waals surface area contributed by atoms with Crippen LogP contribution in [0.2, 0.25) is 5.02 Å². The Labute approximate surface area is 198 Å². The van der Waals surface area contributed by atoms with Gasteiger partial charge in [-0.3, -0.25) is 9.36 Å². The summed E-state index contributed by atoms with van der Waals surface area (Å²) in [6, 6.07) is 16.6. The number of benzene rings is 2. The average Bonchev–Trinajstić information content (AvgIpc) is 3.06. The molecule has 7 heteroatoms. The summed E-state index contributed by atoms with van der Waals surface area (Å²) in [6.45, 7) is 0. The van der Waals surface area contributed by atoms with Crippen LogP contribution in [-0.4, -0.2) is 9.67 Å². The maximum atomic E-state index is 13.8. The number of pyridine rings is 1. The highest BCUT2D eigenvalue weighted by atomic mass is 35.5. The third-order valence-corrected chi connectivity index (χ3v) is 8.19. The smallest absolute Gasteiger partial charge is 0.354 e. The van der Waals surface area contributed by atoms with Crippen molar-refractivity contribution in [2.45, 2.75) is 47.3 Å². The molecule has 1 aliphatic carbocycles. The Kier molecular flexibility index (Phi) is 4.71. The summed E-state index contributed by atoms with van der Waals surface area (Å²) in [7, 11) is 0. The summed E-state index contributed by atoms with van der Waals surface area (Å²) in [5.74, 6) is -0.337. The first-order valence-electron chi connectivity index (χ1n) is 11.0. The SMILES string of the molecule is O=c1oc2cc3n(c(=O)c2c(O)c1Sc1ccccc1)-c1ccc(Cl)cc1C31CCCCC1. The fraction of sp³-hybridized carbons (Fsp3) is 0.231. The quantitative estimate of drug-likeness (QED) is 0.382. The van der Waals surface area contributed by atoms with Crippen LogP contribution in [0.1, 0.15) is 43.4 Å². The van der Waals surface area contributed by atoms with Gasteiger partial charge in [0.2, 0.25) is 0 Å². The van der Waals surface area contributed by atoms with Crippen molar-refractivity contribution < 1.29 is 9.52 Å². The van der Waals surface area contributed by atoms with Gasteiger partial charge in [0, 0.05) is 27.1 Å². The zero-order valence-corrected chi connectivity index (χ0v) is 19.2. The number of aromatic hydroxyl groups is 1. The number of nitrogens with zero attached hydrogens (tertiary/aromatic N) is 1. The lowest BCUT2D eigenvalue weighted by atomic mass is 9.68. The molecule has 4 aromatic rings. The van der Waals surface area contributed by atoms with E-state index in [2.05, 4.69) is 0 Å². The van der Waals surface area contributed by atoms with E-state index in [0.717, 1.165) is 65.7 Å². The fourth-order valence-electron chi connectivity index (χ4n) is 5.44. The Hall–Kier alpha value is -2.96. The monoisotopic (exact) mass is 477 g/mol. The molecule has 1 saturated carbocycles. The predicted molar refractivity (Wildman–Crippen MR) is 129 cm³/mol. The summed E-state index contributed by atoms with van der Waals surface area (Å²) >= 11 is 7.45. The Morgan fingerprint density at radius 1 is 1.00 bits per heavy atom. The molecule has 1 aliphatic heterocycles. The minimum Gasteiger partial charge on any atom is -0.505 e. The van der Waals surface area contributed by atoms with Crippen LogP contribution in [0.15, 0.2) is 78.4 Å². The third-order valence-electron chi connectivity index (χ3n) is 6.89. The maximum absolute atomic E-state index is 13.8. The molecular formula is C26H20ClNO4S. The molecule has 1 spiro atoms. The highest BCUT2D eigenvalue weighted by molar-refractivity contribution is 7.99. The van der Waals surface area contributed by atoms with E-state index in [4.69, 9.17) is 16.0 Å². The number of fused-ring (bicyclic) bond motifs is 6. The zero-order valence-electron chi connectivity index (χ0n) is 17.6. The summed E-state index contributed by atoms with van der Waals surface area (Å²) < 4.78 is 7.31. The zero-order chi connectivity index (χ0) is 22.7. The van der Waals surface area contributed by atoms with Crippen molar-refractivity contribution in [1.82, 2.24) is 4.57 Å². The normalized spacial score (nSPS) is 16.2. The van der Waals surface area contributed by atoms with Gasteiger partial charge >= 0.3 is 5.63 Å². The lowest BCUT2D eigenvalue weighted by Gasteiger charge is -2.34. The lowest BCUT2D eigenvalue weighted by molar-refractivity contribution is 0.346. The van der Waals surface area contributed by atoms with E-state index in [-0.39, 0.29) is 32.6 Å². The molecule has 1 N–H and O–H groups in total. The molecule has 2 aromatic heterocycles. The molecule has 6 rings (SSSR count). The molecule has 0 bridgehead atoms. The second-order valence-corrected chi connectivity index (χ2v) is 10.2. The largest absolute Gasteiger partial charge is 0.505 e. The Balaban J connectivity index is 1.65. The van der Waals surface area contributed by atoms with Crippen molar-refractivity contribution in [2.24, 2.45) is 0 Å². The minimum absolute atomic E-state index is 0.00746. The van der Waals surface area contributed by atoms with Gasteiger partial charge in [-0.15, -0.1) is 0 Å². The summed E-state index contributed by atoms with van der Waals surface area (Å²) in [6.07, 6.45) is 5.01.